The molecule has 0 saturated heterocycles. The van der Waals surface area contributed by atoms with Gasteiger partial charge in [0.25, 0.3) is 0 Å². The van der Waals surface area contributed by atoms with Crippen molar-refractivity contribution in [3.05, 3.63) is 54.1 Å². The monoisotopic (exact) mass is 385 g/mol. The zero-order valence-corrected chi connectivity index (χ0v) is 14.8. The summed E-state index contributed by atoms with van der Waals surface area (Å²) in [5, 5.41) is 2.76. The molecule has 8 heteroatoms. The Morgan fingerprint density at radius 2 is 1.65 bits per heavy atom. The lowest BCUT2D eigenvalue weighted by atomic mass is 10.2. The summed E-state index contributed by atoms with van der Waals surface area (Å²) in [7, 11) is 1.59. The second kappa shape index (κ2) is 9.38. The normalized spacial score (nSPS) is 11.1. The molecule has 0 radical (unpaired) electrons. The number of ether oxygens (including phenoxy) is 2. The maximum absolute atomic E-state index is 12.1. The fourth-order valence-corrected chi connectivity index (χ4v) is 2.67. The van der Waals surface area contributed by atoms with E-state index in [2.05, 4.69) is 10.1 Å². The van der Waals surface area contributed by atoms with E-state index in [1.54, 1.807) is 19.2 Å². The van der Waals surface area contributed by atoms with Crippen molar-refractivity contribution in [3.8, 4) is 11.5 Å². The topological polar surface area (TPSA) is 47.6 Å². The summed E-state index contributed by atoms with van der Waals surface area (Å²) in [5.74, 6) is 1.01. The molecule has 4 nitrogen and oxygen atoms in total. The van der Waals surface area contributed by atoms with Crippen LogP contribution in [0.4, 0.5) is 13.2 Å². The van der Waals surface area contributed by atoms with E-state index in [1.165, 1.54) is 23.9 Å². The number of benzene rings is 2. The molecule has 0 atom stereocenters. The van der Waals surface area contributed by atoms with Gasteiger partial charge in [-0.05, 0) is 42.0 Å². The Morgan fingerprint density at radius 1 is 1.04 bits per heavy atom. The van der Waals surface area contributed by atoms with Crippen LogP contribution >= 0.6 is 11.8 Å². The molecule has 1 N–H and O–H groups in total. The molecule has 0 aliphatic rings. The number of alkyl halides is 3. The lowest BCUT2D eigenvalue weighted by Gasteiger charge is -2.10. The van der Waals surface area contributed by atoms with Crippen LogP contribution in [0.1, 0.15) is 5.56 Å². The lowest BCUT2D eigenvalue weighted by Crippen LogP contribution is -2.24. The van der Waals surface area contributed by atoms with Crippen molar-refractivity contribution in [1.29, 1.82) is 0 Å². The average Bonchev–Trinajstić information content (AvgIpc) is 2.63. The molecule has 0 heterocycles. The van der Waals surface area contributed by atoms with Gasteiger partial charge in [-0.25, -0.2) is 0 Å². The number of hydrogen-bond donors (Lipinski definition) is 1. The molecule has 1 amide bonds. The number of nitrogens with one attached hydrogen (secondary N) is 1. The molecular weight excluding hydrogens is 367 g/mol. The highest BCUT2D eigenvalue weighted by molar-refractivity contribution is 8.00. The Balaban J connectivity index is 1.72. The first kappa shape index (κ1) is 20.0. The van der Waals surface area contributed by atoms with Gasteiger partial charge in [-0.3, -0.25) is 4.79 Å². The average molecular weight is 385 g/mol. The Kier molecular flexibility index (Phi) is 7.20. The molecular formula is C18H18F3NO3S. The van der Waals surface area contributed by atoms with Crippen molar-refractivity contribution in [1.82, 2.24) is 5.32 Å². The van der Waals surface area contributed by atoms with Crippen LogP contribution in [-0.4, -0.2) is 31.6 Å². The number of carbonyl (C=O) groups is 1. The summed E-state index contributed by atoms with van der Waals surface area (Å²) in [5.41, 5.74) is 0.771. The van der Waals surface area contributed by atoms with Crippen LogP contribution in [0.5, 0.6) is 11.5 Å². The van der Waals surface area contributed by atoms with Gasteiger partial charge in [0.05, 0.1) is 12.9 Å². The van der Waals surface area contributed by atoms with Crippen LogP contribution in [-0.2, 0) is 11.3 Å². The van der Waals surface area contributed by atoms with Gasteiger partial charge in [0.1, 0.15) is 11.5 Å². The number of hydrogen-bond acceptors (Lipinski definition) is 4. The van der Waals surface area contributed by atoms with Gasteiger partial charge in [0.2, 0.25) is 5.91 Å². The predicted molar refractivity (Wildman–Crippen MR) is 93.6 cm³/mol. The Hall–Kier alpha value is -2.35. The summed E-state index contributed by atoms with van der Waals surface area (Å²) in [4.78, 5) is 12.8. The molecule has 0 aliphatic carbocycles. The van der Waals surface area contributed by atoms with Gasteiger partial charge >= 0.3 is 6.18 Å². The van der Waals surface area contributed by atoms with Crippen LogP contribution in [0, 0.1) is 0 Å². The van der Waals surface area contributed by atoms with Crippen molar-refractivity contribution < 1.29 is 27.4 Å². The molecule has 0 saturated carbocycles. The molecule has 140 valence electrons. The van der Waals surface area contributed by atoms with Gasteiger partial charge in [-0.1, -0.05) is 12.1 Å². The molecule has 2 rings (SSSR count). The van der Waals surface area contributed by atoms with Gasteiger partial charge in [-0.15, -0.1) is 11.8 Å². The maximum Gasteiger partial charge on any atom is 0.422 e. The van der Waals surface area contributed by atoms with Crippen molar-refractivity contribution in [2.45, 2.75) is 17.6 Å². The Labute approximate surface area is 153 Å². The molecule has 2 aromatic carbocycles. The van der Waals surface area contributed by atoms with Crippen molar-refractivity contribution in [2.24, 2.45) is 0 Å². The van der Waals surface area contributed by atoms with Crippen LogP contribution in [0.25, 0.3) is 0 Å². The summed E-state index contributed by atoms with van der Waals surface area (Å²) >= 11 is 1.40. The van der Waals surface area contributed by atoms with E-state index in [-0.39, 0.29) is 17.4 Å². The minimum Gasteiger partial charge on any atom is -0.497 e. The zero-order chi connectivity index (χ0) is 19.0. The number of carbonyl (C=O) groups excluding carboxylic acids is 1. The van der Waals surface area contributed by atoms with Gasteiger partial charge in [0.15, 0.2) is 6.61 Å². The summed E-state index contributed by atoms with van der Waals surface area (Å²) in [6.07, 6.45) is -4.37. The van der Waals surface area contributed by atoms with Crippen molar-refractivity contribution >= 4 is 17.7 Å². The predicted octanol–water partition coefficient (Wildman–Crippen LogP) is 4.04. The second-order valence-corrected chi connectivity index (χ2v) is 6.34. The first-order valence-electron chi connectivity index (χ1n) is 7.68. The van der Waals surface area contributed by atoms with Crippen molar-refractivity contribution in [2.75, 3.05) is 19.5 Å². The third-order valence-electron chi connectivity index (χ3n) is 3.24. The minimum absolute atomic E-state index is 0.132. The van der Waals surface area contributed by atoms with Gasteiger partial charge in [-0.2, -0.15) is 13.2 Å². The fourth-order valence-electron chi connectivity index (χ4n) is 1.94. The molecule has 0 fully saturated rings. The van der Waals surface area contributed by atoms with Crippen LogP contribution < -0.4 is 14.8 Å². The molecule has 0 spiro atoms. The smallest absolute Gasteiger partial charge is 0.422 e. The number of amides is 1. The van der Waals surface area contributed by atoms with Crippen LogP contribution in [0.2, 0.25) is 0 Å². The fraction of sp³-hybridized carbons (Fsp3) is 0.278. The highest BCUT2D eigenvalue weighted by Crippen LogP contribution is 2.21. The highest BCUT2D eigenvalue weighted by atomic mass is 32.2. The number of rotatable bonds is 8. The summed E-state index contributed by atoms with van der Waals surface area (Å²) < 4.78 is 45.9. The summed E-state index contributed by atoms with van der Waals surface area (Å²) in [6.45, 7) is -1.03. The van der Waals surface area contributed by atoms with E-state index in [1.807, 2.05) is 24.3 Å². The van der Waals surface area contributed by atoms with Crippen LogP contribution in [0.3, 0.4) is 0 Å². The number of methoxy groups -OCH3 is 1. The first-order chi connectivity index (χ1) is 12.4. The molecule has 0 unspecified atom stereocenters. The number of halogens is 3. The Morgan fingerprint density at radius 3 is 2.23 bits per heavy atom. The van der Waals surface area contributed by atoms with E-state index in [0.29, 0.717) is 6.54 Å². The first-order valence-corrected chi connectivity index (χ1v) is 8.66. The van der Waals surface area contributed by atoms with Gasteiger partial charge in [0, 0.05) is 11.4 Å². The lowest BCUT2D eigenvalue weighted by molar-refractivity contribution is -0.153. The highest BCUT2D eigenvalue weighted by Gasteiger charge is 2.28. The molecule has 0 aromatic heterocycles. The molecule has 0 aliphatic heterocycles. The standard InChI is InChI=1S/C18H18F3NO3S/c1-24-14-6-8-16(9-7-14)26-11-17(23)22-10-13-2-4-15(5-3-13)25-12-18(19,20)21/h2-9H,10-12H2,1H3,(H,22,23). The van der Waals surface area contributed by atoms with E-state index in [0.717, 1.165) is 16.2 Å². The van der Waals surface area contributed by atoms with Gasteiger partial charge < -0.3 is 14.8 Å². The third kappa shape index (κ3) is 7.26. The van der Waals surface area contributed by atoms with Crippen molar-refractivity contribution in [3.63, 3.8) is 0 Å². The summed E-state index contributed by atoms with van der Waals surface area (Å²) in [6, 6.07) is 13.5. The molecule has 2 aromatic rings. The van der Waals surface area contributed by atoms with E-state index < -0.39 is 12.8 Å². The third-order valence-corrected chi connectivity index (χ3v) is 4.26. The van der Waals surface area contributed by atoms with Crippen LogP contribution in [0.15, 0.2) is 53.4 Å². The zero-order valence-electron chi connectivity index (χ0n) is 14.0. The van der Waals surface area contributed by atoms with E-state index in [9.17, 15) is 18.0 Å². The Bertz CT molecular complexity index is 703. The maximum atomic E-state index is 12.1. The number of thioether (sulfide) groups is 1. The van der Waals surface area contributed by atoms with E-state index in [4.69, 9.17) is 4.74 Å². The quantitative estimate of drug-likeness (QED) is 0.697. The SMILES string of the molecule is COc1ccc(SCC(=O)NCc2ccc(OCC(F)(F)F)cc2)cc1. The second-order valence-electron chi connectivity index (χ2n) is 5.29. The minimum atomic E-state index is -4.37. The molecule has 0 bridgehead atoms. The largest absolute Gasteiger partial charge is 0.497 e. The molecule has 26 heavy (non-hydrogen) atoms. The van der Waals surface area contributed by atoms with E-state index >= 15 is 0 Å².